The van der Waals surface area contributed by atoms with Crippen LogP contribution in [0.2, 0.25) is 0 Å². The van der Waals surface area contributed by atoms with Gasteiger partial charge >= 0.3 is 6.16 Å². The summed E-state index contributed by atoms with van der Waals surface area (Å²) in [5.74, 6) is 0. The molecule has 5 heterocycles. The van der Waals surface area contributed by atoms with Crippen LogP contribution < -0.4 is 0 Å². The fourth-order valence-corrected chi connectivity index (χ4v) is 12.6. The number of nitrogens with zero attached hydrogens (tertiary/aromatic N) is 4. The standard InChI is InChI=1S/C46H86N4O9/c1-18-55-49-42(9,10)20-33(21-43(49,11)12)53-30-32(51)28-47-39(3,4)24-35(25-40(47,5)6)57-38(52)58-36-26-41(7,8)48-29-37(59-46(48,17)27-36)31-54-34-22-44(13,14)50(56-19-2)45(15,16)23-34/h32-37,51H,18-31H2,1-17H3. The van der Waals surface area contributed by atoms with E-state index in [4.69, 9.17) is 33.4 Å². The molecular weight excluding hydrogens is 753 g/mol. The van der Waals surface area contributed by atoms with E-state index in [0.29, 0.717) is 52.0 Å². The van der Waals surface area contributed by atoms with E-state index in [-0.39, 0.29) is 75.9 Å². The van der Waals surface area contributed by atoms with Crippen LogP contribution in [-0.2, 0) is 33.4 Å². The molecule has 0 aromatic carbocycles. The highest BCUT2D eigenvalue weighted by Crippen LogP contribution is 2.47. The number of ether oxygens (including phenoxy) is 5. The van der Waals surface area contributed by atoms with Crippen LogP contribution in [0.3, 0.4) is 0 Å². The number of aliphatic hydroxyl groups excluding tert-OH is 1. The minimum atomic E-state index is -0.662. The quantitative estimate of drug-likeness (QED) is 0.172. The Labute approximate surface area is 358 Å². The highest BCUT2D eigenvalue weighted by molar-refractivity contribution is 5.60. The summed E-state index contributed by atoms with van der Waals surface area (Å²) in [5, 5.41) is 15.6. The molecule has 5 aliphatic heterocycles. The van der Waals surface area contributed by atoms with E-state index in [1.807, 2.05) is 13.8 Å². The van der Waals surface area contributed by atoms with Crippen molar-refractivity contribution in [3.8, 4) is 0 Å². The number of fused-ring (bicyclic) bond motifs is 1. The van der Waals surface area contributed by atoms with E-state index >= 15 is 0 Å². The Bertz CT molecular complexity index is 1380. The van der Waals surface area contributed by atoms with Crippen molar-refractivity contribution in [2.45, 2.75) is 250 Å². The maximum atomic E-state index is 13.6. The molecule has 344 valence electrons. The molecule has 0 spiro atoms. The zero-order chi connectivity index (χ0) is 44.2. The third-order valence-corrected chi connectivity index (χ3v) is 13.9. The first-order chi connectivity index (χ1) is 27.0. The van der Waals surface area contributed by atoms with Crippen molar-refractivity contribution >= 4 is 6.16 Å². The van der Waals surface area contributed by atoms with E-state index in [9.17, 15) is 9.90 Å². The van der Waals surface area contributed by atoms with Crippen LogP contribution in [0, 0.1) is 0 Å². The molecule has 0 radical (unpaired) electrons. The molecule has 0 aromatic heterocycles. The van der Waals surface area contributed by atoms with Gasteiger partial charge in [0.1, 0.15) is 17.9 Å². The number of rotatable bonds is 14. The molecular formula is C46H86N4O9. The largest absolute Gasteiger partial charge is 0.508 e. The molecule has 0 saturated carbocycles. The zero-order valence-electron chi connectivity index (χ0n) is 40.4. The smallest absolute Gasteiger partial charge is 0.431 e. The van der Waals surface area contributed by atoms with E-state index in [2.05, 4.69) is 124 Å². The molecule has 0 aliphatic carbocycles. The molecule has 13 heteroatoms. The van der Waals surface area contributed by atoms with Crippen LogP contribution in [0.4, 0.5) is 4.79 Å². The molecule has 4 unspecified atom stereocenters. The van der Waals surface area contributed by atoms with Crippen LogP contribution in [0.25, 0.3) is 0 Å². The number of carbonyl (C=O) groups excluding carboxylic acids is 1. The van der Waals surface area contributed by atoms with Crippen molar-refractivity contribution in [1.82, 2.24) is 19.9 Å². The summed E-state index contributed by atoms with van der Waals surface area (Å²) in [7, 11) is 0. The van der Waals surface area contributed by atoms with Crippen molar-refractivity contribution in [3.05, 3.63) is 0 Å². The first kappa shape index (κ1) is 48.9. The predicted octanol–water partition coefficient (Wildman–Crippen LogP) is 7.86. The van der Waals surface area contributed by atoms with E-state index in [0.717, 1.165) is 32.2 Å². The minimum absolute atomic E-state index is 0.0223. The molecule has 5 aliphatic rings. The number of aliphatic hydroxyl groups is 1. The average Bonchev–Trinajstić information content (AvgIpc) is 3.40. The number of likely N-dealkylation sites (tertiary alicyclic amines) is 1. The fourth-order valence-electron chi connectivity index (χ4n) is 12.6. The van der Waals surface area contributed by atoms with E-state index in [1.54, 1.807) is 0 Å². The Morgan fingerprint density at radius 2 is 1.00 bits per heavy atom. The normalized spacial score (nSPS) is 33.1. The number of hydroxylamine groups is 4. The van der Waals surface area contributed by atoms with Gasteiger partial charge in [-0.25, -0.2) is 4.79 Å². The Morgan fingerprint density at radius 1 is 0.593 bits per heavy atom. The van der Waals surface area contributed by atoms with Crippen molar-refractivity contribution in [2.75, 3.05) is 39.5 Å². The molecule has 13 nitrogen and oxygen atoms in total. The van der Waals surface area contributed by atoms with Crippen molar-refractivity contribution in [1.29, 1.82) is 0 Å². The highest BCUT2D eigenvalue weighted by Gasteiger charge is 2.56. The third kappa shape index (κ3) is 11.2. The van der Waals surface area contributed by atoms with Gasteiger partial charge in [-0.15, -0.1) is 0 Å². The predicted molar refractivity (Wildman–Crippen MR) is 230 cm³/mol. The average molecular weight is 839 g/mol. The number of piperidine rings is 4. The summed E-state index contributed by atoms with van der Waals surface area (Å²) in [5.41, 5.74) is -2.22. The molecule has 5 rings (SSSR count). The summed E-state index contributed by atoms with van der Waals surface area (Å²) in [6.45, 7) is 40.2. The fraction of sp³-hybridized carbons (Fsp3) is 0.978. The lowest BCUT2D eigenvalue weighted by atomic mass is 9.78. The molecule has 5 fully saturated rings. The van der Waals surface area contributed by atoms with Gasteiger partial charge in [0.15, 0.2) is 0 Å². The lowest BCUT2D eigenvalue weighted by Gasteiger charge is -2.55. The van der Waals surface area contributed by atoms with Crippen LogP contribution in [0.5, 0.6) is 0 Å². The molecule has 1 N–H and O–H groups in total. The van der Waals surface area contributed by atoms with Gasteiger partial charge in [0.05, 0.1) is 50.8 Å². The monoisotopic (exact) mass is 839 g/mol. The second kappa shape index (κ2) is 17.4. The first-order valence-electron chi connectivity index (χ1n) is 22.8. The van der Waals surface area contributed by atoms with Crippen LogP contribution >= 0.6 is 0 Å². The molecule has 5 saturated heterocycles. The molecule has 4 atom stereocenters. The SMILES string of the molecule is CCON1C(C)(C)CC(OCC(O)CN2C(C)(C)CC(OC(=O)OC3CC(C)(C)N4CC(COC5CC(C)(C)N(OCC)C(C)(C)C5)OC4(C)C3)CC2(C)C)CC1(C)C. The van der Waals surface area contributed by atoms with Crippen molar-refractivity contribution in [3.63, 3.8) is 0 Å². The van der Waals surface area contributed by atoms with E-state index < -0.39 is 18.0 Å². The topological polar surface area (TPSA) is 115 Å². The Morgan fingerprint density at radius 3 is 1.46 bits per heavy atom. The molecule has 0 bridgehead atoms. The Hall–Kier alpha value is -1.13. The van der Waals surface area contributed by atoms with Gasteiger partial charge in [-0.2, -0.15) is 10.1 Å². The maximum Gasteiger partial charge on any atom is 0.508 e. The van der Waals surface area contributed by atoms with Gasteiger partial charge in [-0.05, 0) is 143 Å². The van der Waals surface area contributed by atoms with Gasteiger partial charge in [0, 0.05) is 77.5 Å². The summed E-state index contributed by atoms with van der Waals surface area (Å²) >= 11 is 0. The first-order valence-corrected chi connectivity index (χ1v) is 22.8. The maximum absolute atomic E-state index is 13.6. The number of hydrogen-bond donors (Lipinski definition) is 1. The van der Waals surface area contributed by atoms with Crippen molar-refractivity contribution < 1.29 is 43.3 Å². The van der Waals surface area contributed by atoms with Gasteiger partial charge < -0.3 is 28.8 Å². The second-order valence-corrected chi connectivity index (χ2v) is 23.2. The summed E-state index contributed by atoms with van der Waals surface area (Å²) in [6.07, 6.45) is 4.00. The lowest BCUT2D eigenvalue weighted by molar-refractivity contribution is -0.293. The van der Waals surface area contributed by atoms with E-state index in [1.165, 1.54) is 0 Å². The lowest BCUT2D eigenvalue weighted by Crippen LogP contribution is -2.64. The number of carbonyl (C=O) groups is 1. The molecule has 0 aromatic rings. The number of β-amino-alcohol motifs (C(OH)–C–C–N with tert-alkyl or cyclic N) is 1. The number of hydrogen-bond acceptors (Lipinski definition) is 13. The van der Waals surface area contributed by atoms with Crippen LogP contribution in [-0.4, -0.2) is 152 Å². The molecule has 59 heavy (non-hydrogen) atoms. The summed E-state index contributed by atoms with van der Waals surface area (Å²) in [4.78, 5) is 30.5. The van der Waals surface area contributed by atoms with Crippen LogP contribution in [0.15, 0.2) is 0 Å². The zero-order valence-corrected chi connectivity index (χ0v) is 40.4. The van der Waals surface area contributed by atoms with Crippen LogP contribution in [0.1, 0.15) is 169 Å². The minimum Gasteiger partial charge on any atom is -0.431 e. The second-order valence-electron chi connectivity index (χ2n) is 23.2. The Balaban J connectivity index is 1.11. The Kier molecular flexibility index (Phi) is 14.5. The van der Waals surface area contributed by atoms with Crippen molar-refractivity contribution in [2.24, 2.45) is 0 Å². The highest BCUT2D eigenvalue weighted by atomic mass is 16.7. The summed E-state index contributed by atoms with van der Waals surface area (Å²) in [6, 6.07) is 0. The summed E-state index contributed by atoms with van der Waals surface area (Å²) < 4.78 is 32.1. The van der Waals surface area contributed by atoms with Gasteiger partial charge in [-0.3, -0.25) is 19.5 Å². The third-order valence-electron chi connectivity index (χ3n) is 13.9. The van der Waals surface area contributed by atoms with Gasteiger partial charge in [0.25, 0.3) is 0 Å². The van der Waals surface area contributed by atoms with Gasteiger partial charge in [-0.1, -0.05) is 0 Å². The molecule has 0 amide bonds. The van der Waals surface area contributed by atoms with Gasteiger partial charge in [0.2, 0.25) is 0 Å².